The second-order valence-corrected chi connectivity index (χ2v) is 2.04. The number of hydrogen-bond acceptors (Lipinski definition) is 1. The van der Waals surface area contributed by atoms with Crippen molar-refractivity contribution in [2.75, 3.05) is 7.05 Å². The first-order valence-corrected chi connectivity index (χ1v) is 3.86. The Morgan fingerprint density at radius 3 is 2.00 bits per heavy atom. The van der Waals surface area contributed by atoms with E-state index < -0.39 is 0 Å². The predicted octanol–water partition coefficient (Wildman–Crippen LogP) is 2.93. The van der Waals surface area contributed by atoms with Gasteiger partial charge in [0.05, 0.1) is 0 Å². The van der Waals surface area contributed by atoms with E-state index in [2.05, 4.69) is 24.9 Å². The van der Waals surface area contributed by atoms with Crippen LogP contribution >= 0.6 is 0 Å². The summed E-state index contributed by atoms with van der Waals surface area (Å²) in [5.74, 6) is 0.632. The van der Waals surface area contributed by atoms with E-state index in [1.165, 1.54) is 0 Å². The molecular weight excluding hydrogens is 122 g/mol. The normalized spacial score (nSPS) is 10.6. The third kappa shape index (κ3) is 15.7. The van der Waals surface area contributed by atoms with E-state index in [4.69, 9.17) is 0 Å². The molecule has 0 saturated heterocycles. The van der Waals surface area contributed by atoms with E-state index in [1.807, 2.05) is 19.9 Å². The molecule has 0 aromatic rings. The zero-order chi connectivity index (χ0) is 8.41. The van der Waals surface area contributed by atoms with Gasteiger partial charge in [0.25, 0.3) is 0 Å². The van der Waals surface area contributed by atoms with Gasteiger partial charge in [0.15, 0.2) is 0 Å². The van der Waals surface area contributed by atoms with Gasteiger partial charge in [-0.2, -0.15) is 0 Å². The van der Waals surface area contributed by atoms with E-state index in [1.54, 1.807) is 13.3 Å². The van der Waals surface area contributed by atoms with Crippen LogP contribution in [-0.2, 0) is 0 Å². The molecule has 0 atom stereocenters. The Labute approximate surface area is 64.9 Å². The van der Waals surface area contributed by atoms with Gasteiger partial charge in [-0.05, 0) is 12.0 Å². The highest BCUT2D eigenvalue weighted by Gasteiger charge is 1.78. The second-order valence-electron chi connectivity index (χ2n) is 2.04. The summed E-state index contributed by atoms with van der Waals surface area (Å²) in [6, 6.07) is 0. The molecule has 0 fully saturated rings. The maximum atomic E-state index is 3.80. The van der Waals surface area contributed by atoms with Crippen LogP contribution in [0.4, 0.5) is 0 Å². The van der Waals surface area contributed by atoms with Crippen molar-refractivity contribution in [2.24, 2.45) is 10.9 Å². The highest BCUT2D eigenvalue weighted by molar-refractivity contribution is 5.70. The third-order valence-corrected chi connectivity index (χ3v) is 0.731. The summed E-state index contributed by atoms with van der Waals surface area (Å²) in [5.41, 5.74) is 0. The van der Waals surface area contributed by atoms with Gasteiger partial charge < -0.3 is 0 Å². The van der Waals surface area contributed by atoms with Crippen molar-refractivity contribution in [3.63, 3.8) is 0 Å². The molecule has 1 heteroatoms. The summed E-state index contributed by atoms with van der Waals surface area (Å²) < 4.78 is 0. The zero-order valence-corrected chi connectivity index (χ0v) is 7.76. The smallest absolute Gasteiger partial charge is 0.0277 e. The van der Waals surface area contributed by atoms with Crippen LogP contribution in [0.25, 0.3) is 0 Å². The molecule has 0 spiro atoms. The average Bonchev–Trinajstić information content (AvgIpc) is 1.92. The van der Waals surface area contributed by atoms with E-state index in [9.17, 15) is 0 Å². The van der Waals surface area contributed by atoms with Crippen LogP contribution in [-0.4, -0.2) is 13.3 Å². The van der Waals surface area contributed by atoms with Crippen molar-refractivity contribution in [2.45, 2.75) is 27.7 Å². The molecule has 1 nitrogen and oxygen atoms in total. The minimum Gasteiger partial charge on any atom is -0.297 e. The lowest BCUT2D eigenvalue weighted by molar-refractivity contribution is 0.833. The minimum atomic E-state index is 0.632. The Bertz CT molecular complexity index is 90.9. The summed E-state index contributed by atoms with van der Waals surface area (Å²) in [5, 5.41) is 0. The summed E-state index contributed by atoms with van der Waals surface area (Å²) in [4.78, 5) is 3.80. The number of aliphatic imine (C=N–C) groups is 1. The molecule has 0 amide bonds. The van der Waals surface area contributed by atoms with Crippen LogP contribution in [0.1, 0.15) is 27.7 Å². The molecule has 0 unspecified atom stereocenters. The first-order chi connectivity index (χ1) is 4.77. The van der Waals surface area contributed by atoms with Crippen LogP contribution in [0, 0.1) is 5.92 Å². The van der Waals surface area contributed by atoms with Gasteiger partial charge in [-0.15, -0.1) is 0 Å². The van der Waals surface area contributed by atoms with Gasteiger partial charge in [0, 0.05) is 13.3 Å². The Hall–Kier alpha value is -0.590. The van der Waals surface area contributed by atoms with Gasteiger partial charge in [0.2, 0.25) is 0 Å². The van der Waals surface area contributed by atoms with Crippen molar-refractivity contribution < 1.29 is 0 Å². The Morgan fingerprint density at radius 2 is 1.70 bits per heavy atom. The summed E-state index contributed by atoms with van der Waals surface area (Å²) in [6.07, 6.45) is 5.86. The van der Waals surface area contributed by atoms with Gasteiger partial charge in [-0.1, -0.05) is 33.8 Å². The molecule has 0 bridgehead atoms. The molecule has 0 N–H and O–H groups in total. The van der Waals surface area contributed by atoms with Crippen molar-refractivity contribution in [3.8, 4) is 0 Å². The highest BCUT2D eigenvalue weighted by atomic mass is 14.6. The molecule has 0 aliphatic heterocycles. The van der Waals surface area contributed by atoms with Gasteiger partial charge in [0.1, 0.15) is 0 Å². The largest absolute Gasteiger partial charge is 0.297 e. The van der Waals surface area contributed by atoms with Crippen LogP contribution in [0.3, 0.4) is 0 Å². The molecule has 0 aromatic heterocycles. The molecule has 0 aliphatic carbocycles. The van der Waals surface area contributed by atoms with Crippen LogP contribution < -0.4 is 0 Å². The SMILES string of the molecule is CC.CN=C/C=C\C(C)C. The van der Waals surface area contributed by atoms with Crippen molar-refractivity contribution in [3.05, 3.63) is 12.2 Å². The van der Waals surface area contributed by atoms with Gasteiger partial charge in [-0.3, -0.25) is 4.99 Å². The summed E-state index contributed by atoms with van der Waals surface area (Å²) >= 11 is 0. The van der Waals surface area contributed by atoms with E-state index in [0.29, 0.717) is 5.92 Å². The first-order valence-electron chi connectivity index (χ1n) is 3.86. The van der Waals surface area contributed by atoms with Crippen molar-refractivity contribution in [1.29, 1.82) is 0 Å². The number of rotatable bonds is 2. The van der Waals surface area contributed by atoms with E-state index in [-0.39, 0.29) is 0 Å². The van der Waals surface area contributed by atoms with Crippen molar-refractivity contribution >= 4 is 6.21 Å². The molecule has 0 saturated carbocycles. The molecule has 0 aromatic carbocycles. The Balaban J connectivity index is 0. The lowest BCUT2D eigenvalue weighted by atomic mass is 10.2. The molecule has 10 heavy (non-hydrogen) atoms. The van der Waals surface area contributed by atoms with Crippen LogP contribution in [0.15, 0.2) is 17.1 Å². The zero-order valence-electron chi connectivity index (χ0n) is 7.76. The fourth-order valence-corrected chi connectivity index (χ4v) is 0.358. The van der Waals surface area contributed by atoms with Gasteiger partial charge >= 0.3 is 0 Å². The minimum absolute atomic E-state index is 0.632. The lowest BCUT2D eigenvalue weighted by Gasteiger charge is -1.87. The molecule has 0 aliphatic rings. The second kappa shape index (κ2) is 11.2. The Kier molecular flexibility index (Phi) is 13.6. The monoisotopic (exact) mass is 141 g/mol. The standard InChI is InChI=1S/C7H13N.C2H6/c1-7(2)5-4-6-8-3;1-2/h4-7H,1-3H3;1-2H3/b5-4-,8-6?;. The lowest BCUT2D eigenvalue weighted by Crippen LogP contribution is -1.76. The maximum absolute atomic E-state index is 3.80. The predicted molar refractivity (Wildman–Crippen MR) is 49.7 cm³/mol. The van der Waals surface area contributed by atoms with E-state index >= 15 is 0 Å². The van der Waals surface area contributed by atoms with Gasteiger partial charge in [-0.25, -0.2) is 0 Å². The molecule has 0 rings (SSSR count). The quantitative estimate of drug-likeness (QED) is 0.524. The number of hydrogen-bond donors (Lipinski definition) is 0. The molecule has 60 valence electrons. The van der Waals surface area contributed by atoms with Crippen molar-refractivity contribution in [1.82, 2.24) is 0 Å². The van der Waals surface area contributed by atoms with Crippen LogP contribution in [0.2, 0.25) is 0 Å². The average molecular weight is 141 g/mol. The fourth-order valence-electron chi connectivity index (χ4n) is 0.358. The topological polar surface area (TPSA) is 12.4 Å². The number of nitrogens with zero attached hydrogens (tertiary/aromatic N) is 1. The Morgan fingerprint density at radius 1 is 1.20 bits per heavy atom. The molecule has 0 heterocycles. The molecule has 0 radical (unpaired) electrons. The number of allylic oxidation sites excluding steroid dienone is 2. The van der Waals surface area contributed by atoms with E-state index in [0.717, 1.165) is 0 Å². The fraction of sp³-hybridized carbons (Fsp3) is 0.667. The molecular formula is C9H19N. The van der Waals surface area contributed by atoms with Crippen LogP contribution in [0.5, 0.6) is 0 Å². The maximum Gasteiger partial charge on any atom is 0.0277 e. The highest BCUT2D eigenvalue weighted by Crippen LogP contribution is 1.90. The third-order valence-electron chi connectivity index (χ3n) is 0.731. The summed E-state index contributed by atoms with van der Waals surface area (Å²) in [7, 11) is 1.77. The first kappa shape index (κ1) is 12.1. The summed E-state index contributed by atoms with van der Waals surface area (Å²) in [6.45, 7) is 8.28.